The Bertz CT molecular complexity index is 1170. The van der Waals surface area contributed by atoms with Crippen LogP contribution < -0.4 is 4.57 Å². The normalized spacial score (nSPS) is 13.4. The number of aromatic nitrogens is 2. The van der Waals surface area contributed by atoms with E-state index in [1.54, 1.807) is 0 Å². The highest BCUT2D eigenvalue weighted by molar-refractivity contribution is 5.30. The standard InChI is InChI=1S/C48H79N2/c1-4-6-8-10-12-14-16-17-18-19-20-22-24-26-34-40-49-41-42-50(44-49)47(39-33-25-23-21-15-13-11-9-7-5-2)48(3,46-37-31-28-32-38-46)43-45-35-29-27-30-36-45/h27-32,35-38,41-42,44,47H,4-26,33-34,39-40,43H2,1-3H3/q+1. The van der Waals surface area contributed by atoms with Gasteiger partial charge in [-0.05, 0) is 43.2 Å². The van der Waals surface area contributed by atoms with E-state index >= 15 is 0 Å². The van der Waals surface area contributed by atoms with E-state index in [-0.39, 0.29) is 5.41 Å². The third-order valence-corrected chi connectivity index (χ3v) is 11.5. The monoisotopic (exact) mass is 684 g/mol. The first-order chi connectivity index (χ1) is 24.7. The van der Waals surface area contributed by atoms with Gasteiger partial charge in [-0.15, -0.1) is 0 Å². The van der Waals surface area contributed by atoms with E-state index in [4.69, 9.17) is 0 Å². The van der Waals surface area contributed by atoms with E-state index in [0.29, 0.717) is 6.04 Å². The maximum Gasteiger partial charge on any atom is 0.244 e. The van der Waals surface area contributed by atoms with Crippen molar-refractivity contribution in [2.75, 3.05) is 0 Å². The number of imidazole rings is 1. The zero-order chi connectivity index (χ0) is 35.4. The molecule has 2 heteroatoms. The molecule has 1 heterocycles. The first-order valence-electron chi connectivity index (χ1n) is 21.8. The Morgan fingerprint density at radius 2 is 0.940 bits per heavy atom. The van der Waals surface area contributed by atoms with E-state index in [2.05, 4.69) is 109 Å². The van der Waals surface area contributed by atoms with Gasteiger partial charge in [-0.3, -0.25) is 0 Å². The summed E-state index contributed by atoms with van der Waals surface area (Å²) >= 11 is 0. The van der Waals surface area contributed by atoms with Crippen LogP contribution in [0.4, 0.5) is 0 Å². The lowest BCUT2D eigenvalue weighted by Crippen LogP contribution is -2.38. The molecule has 2 atom stereocenters. The largest absolute Gasteiger partial charge is 0.244 e. The summed E-state index contributed by atoms with van der Waals surface area (Å²) in [7, 11) is 0. The van der Waals surface area contributed by atoms with Crippen LogP contribution in [-0.4, -0.2) is 4.57 Å². The van der Waals surface area contributed by atoms with Crippen molar-refractivity contribution in [3.63, 3.8) is 0 Å². The van der Waals surface area contributed by atoms with Crippen LogP contribution in [0.2, 0.25) is 0 Å². The molecule has 3 aromatic rings. The van der Waals surface area contributed by atoms with E-state index in [1.807, 2.05) is 0 Å². The Balaban J connectivity index is 1.49. The molecule has 1 aromatic heterocycles. The quantitative estimate of drug-likeness (QED) is 0.0457. The van der Waals surface area contributed by atoms with Gasteiger partial charge in [-0.2, -0.15) is 0 Å². The van der Waals surface area contributed by atoms with Gasteiger partial charge in [-0.1, -0.05) is 223 Å². The molecule has 0 saturated carbocycles. The zero-order valence-electron chi connectivity index (χ0n) is 33.3. The van der Waals surface area contributed by atoms with Crippen LogP contribution in [0.3, 0.4) is 0 Å². The number of unbranched alkanes of at least 4 members (excludes halogenated alkanes) is 23. The highest BCUT2D eigenvalue weighted by Crippen LogP contribution is 2.41. The fourth-order valence-electron chi connectivity index (χ4n) is 8.27. The highest BCUT2D eigenvalue weighted by Gasteiger charge is 2.40. The van der Waals surface area contributed by atoms with Crippen LogP contribution >= 0.6 is 0 Å². The molecule has 2 aromatic carbocycles. The fraction of sp³-hybridized carbons (Fsp3) is 0.688. The van der Waals surface area contributed by atoms with Gasteiger partial charge in [0.05, 0.1) is 6.54 Å². The third-order valence-electron chi connectivity index (χ3n) is 11.5. The summed E-state index contributed by atoms with van der Waals surface area (Å²) in [5, 5.41) is 0. The summed E-state index contributed by atoms with van der Waals surface area (Å²) < 4.78 is 5.07. The second-order valence-electron chi connectivity index (χ2n) is 16.0. The molecule has 0 aliphatic heterocycles. The lowest BCUT2D eigenvalue weighted by Gasteiger charge is -2.37. The molecular weight excluding hydrogens is 605 g/mol. The summed E-state index contributed by atoms with van der Waals surface area (Å²) in [6.07, 6.45) is 44.6. The maximum absolute atomic E-state index is 2.59. The molecule has 0 aliphatic carbocycles. The van der Waals surface area contributed by atoms with E-state index in [1.165, 1.54) is 178 Å². The van der Waals surface area contributed by atoms with Gasteiger partial charge in [0, 0.05) is 5.41 Å². The van der Waals surface area contributed by atoms with Crippen molar-refractivity contribution in [2.45, 2.75) is 212 Å². The number of aryl methyl sites for hydroxylation is 1. The molecule has 2 nitrogen and oxygen atoms in total. The van der Waals surface area contributed by atoms with Gasteiger partial charge in [0.2, 0.25) is 6.33 Å². The van der Waals surface area contributed by atoms with Crippen LogP contribution in [0.25, 0.3) is 0 Å². The van der Waals surface area contributed by atoms with Crippen molar-refractivity contribution < 1.29 is 4.57 Å². The first kappa shape index (κ1) is 42.1. The molecule has 0 fully saturated rings. The van der Waals surface area contributed by atoms with Gasteiger partial charge in [-0.25, -0.2) is 9.13 Å². The van der Waals surface area contributed by atoms with Gasteiger partial charge in [0.1, 0.15) is 18.4 Å². The minimum atomic E-state index is 0.00732. The number of rotatable bonds is 32. The van der Waals surface area contributed by atoms with Crippen LogP contribution in [0.15, 0.2) is 79.4 Å². The molecule has 50 heavy (non-hydrogen) atoms. The molecule has 0 spiro atoms. The molecule has 0 bridgehead atoms. The summed E-state index contributed by atoms with van der Waals surface area (Å²) in [5.74, 6) is 0. The maximum atomic E-state index is 2.59. The molecule has 2 unspecified atom stereocenters. The van der Waals surface area contributed by atoms with Crippen LogP contribution in [0.5, 0.6) is 0 Å². The van der Waals surface area contributed by atoms with Gasteiger partial charge in [0.15, 0.2) is 0 Å². The molecule has 0 aliphatic rings. The minimum Gasteiger partial charge on any atom is -0.237 e. The molecular formula is C48H79N2+. The number of hydrogen-bond acceptors (Lipinski definition) is 0. The fourth-order valence-corrected chi connectivity index (χ4v) is 8.27. The van der Waals surface area contributed by atoms with Crippen molar-refractivity contribution in [1.82, 2.24) is 4.57 Å². The second kappa shape index (κ2) is 27.3. The van der Waals surface area contributed by atoms with Crippen molar-refractivity contribution in [1.29, 1.82) is 0 Å². The van der Waals surface area contributed by atoms with Crippen molar-refractivity contribution >= 4 is 0 Å². The van der Waals surface area contributed by atoms with Crippen LogP contribution in [0.1, 0.15) is 205 Å². The Labute approximate surface area is 310 Å². The molecule has 0 N–H and O–H groups in total. The summed E-state index contributed by atoms with van der Waals surface area (Å²) in [6.45, 7) is 8.29. The smallest absolute Gasteiger partial charge is 0.237 e. The van der Waals surface area contributed by atoms with Gasteiger partial charge in [0.25, 0.3) is 0 Å². The molecule has 280 valence electrons. The van der Waals surface area contributed by atoms with E-state index in [9.17, 15) is 0 Å². The van der Waals surface area contributed by atoms with Crippen molar-refractivity contribution in [2.24, 2.45) is 0 Å². The molecule has 0 radical (unpaired) electrons. The SMILES string of the molecule is CCCCCCCCCCCCCCCCC[n+]1ccn(C(CCCCCCCCCCCC)C(C)(Cc2ccccc2)c2ccccc2)c1. The summed E-state index contributed by atoms with van der Waals surface area (Å²) in [4.78, 5) is 0. The van der Waals surface area contributed by atoms with E-state index in [0.717, 1.165) is 13.0 Å². The van der Waals surface area contributed by atoms with Gasteiger partial charge >= 0.3 is 0 Å². The van der Waals surface area contributed by atoms with Crippen molar-refractivity contribution in [3.8, 4) is 0 Å². The van der Waals surface area contributed by atoms with E-state index < -0.39 is 0 Å². The Kier molecular flexibility index (Phi) is 23.0. The molecule has 3 rings (SSSR count). The average molecular weight is 684 g/mol. The highest BCUT2D eigenvalue weighted by atomic mass is 15.1. The second-order valence-corrected chi connectivity index (χ2v) is 16.0. The Morgan fingerprint density at radius 1 is 0.520 bits per heavy atom. The van der Waals surface area contributed by atoms with Crippen LogP contribution in [-0.2, 0) is 18.4 Å². The average Bonchev–Trinajstić information content (AvgIpc) is 3.61. The predicted molar refractivity (Wildman–Crippen MR) is 219 cm³/mol. The summed E-state index contributed by atoms with van der Waals surface area (Å²) in [5.41, 5.74) is 2.90. The van der Waals surface area contributed by atoms with Gasteiger partial charge < -0.3 is 0 Å². The number of benzene rings is 2. The molecule has 0 amide bonds. The topological polar surface area (TPSA) is 8.81 Å². The van der Waals surface area contributed by atoms with Crippen molar-refractivity contribution in [3.05, 3.63) is 90.5 Å². The Morgan fingerprint density at radius 3 is 1.42 bits per heavy atom. The first-order valence-corrected chi connectivity index (χ1v) is 21.8. The summed E-state index contributed by atoms with van der Waals surface area (Å²) in [6, 6.07) is 23.0. The minimum absolute atomic E-state index is 0.00732. The third kappa shape index (κ3) is 17.2. The number of hydrogen-bond donors (Lipinski definition) is 0. The molecule has 0 saturated heterocycles. The zero-order valence-corrected chi connectivity index (χ0v) is 33.3. The lowest BCUT2D eigenvalue weighted by molar-refractivity contribution is -0.697. The lowest BCUT2D eigenvalue weighted by atomic mass is 9.70. The Hall–Kier alpha value is -2.35. The van der Waals surface area contributed by atoms with Crippen LogP contribution in [0, 0.1) is 0 Å². The number of nitrogens with zero attached hydrogens (tertiary/aromatic N) is 2. The predicted octanol–water partition coefficient (Wildman–Crippen LogP) is 14.7.